The van der Waals surface area contributed by atoms with E-state index in [0.717, 1.165) is 5.56 Å². The summed E-state index contributed by atoms with van der Waals surface area (Å²) < 4.78 is 1.66. The molecule has 1 aromatic heterocycles. The number of hydroxylamine groups is 1. The van der Waals surface area contributed by atoms with Crippen molar-refractivity contribution in [1.82, 2.24) is 15.3 Å². The molecule has 0 bridgehead atoms. The summed E-state index contributed by atoms with van der Waals surface area (Å²) >= 11 is 0. The van der Waals surface area contributed by atoms with E-state index in [4.69, 9.17) is 5.21 Å². The molecule has 0 aliphatic rings. The lowest BCUT2D eigenvalue weighted by Crippen LogP contribution is -2.18. The Bertz CT molecular complexity index is 767. The van der Waals surface area contributed by atoms with Gasteiger partial charge in [-0.15, -0.1) is 0 Å². The van der Waals surface area contributed by atoms with Crippen molar-refractivity contribution >= 4 is 5.91 Å². The number of hydrogen-bond donors (Lipinski definition) is 2. The van der Waals surface area contributed by atoms with Gasteiger partial charge in [-0.2, -0.15) is 5.10 Å². The van der Waals surface area contributed by atoms with Crippen LogP contribution in [0.5, 0.6) is 0 Å². The third kappa shape index (κ3) is 2.82. The molecule has 0 aliphatic carbocycles. The van der Waals surface area contributed by atoms with Crippen LogP contribution in [0.2, 0.25) is 0 Å². The fourth-order valence-corrected chi connectivity index (χ4v) is 2.19. The quantitative estimate of drug-likeness (QED) is 0.572. The summed E-state index contributed by atoms with van der Waals surface area (Å²) in [6.45, 7) is 0.531. The third-order valence-corrected chi connectivity index (χ3v) is 3.20. The van der Waals surface area contributed by atoms with Crippen molar-refractivity contribution in [3.05, 3.63) is 78.0 Å². The number of benzene rings is 1. The lowest BCUT2D eigenvalue weighted by atomic mass is 10.1. The molecule has 2 N–H and O–H groups in total. The van der Waals surface area contributed by atoms with Crippen molar-refractivity contribution in [1.29, 1.82) is 0 Å². The van der Waals surface area contributed by atoms with E-state index in [-0.39, 0.29) is 5.56 Å². The minimum absolute atomic E-state index is 0.286. The molecule has 0 saturated heterocycles. The maximum atomic E-state index is 11.8. The van der Waals surface area contributed by atoms with Gasteiger partial charge in [0.1, 0.15) is 5.69 Å². The summed E-state index contributed by atoms with van der Waals surface area (Å²) in [6.07, 6.45) is 1.61. The van der Waals surface area contributed by atoms with E-state index in [1.807, 2.05) is 30.3 Å². The Morgan fingerprint density at radius 2 is 2.05 bits per heavy atom. The molecule has 2 aromatic carbocycles. The zero-order chi connectivity index (χ0) is 15.4. The number of amides is 1. The van der Waals surface area contributed by atoms with E-state index in [0.29, 0.717) is 17.8 Å². The average molecular weight is 291 g/mol. The monoisotopic (exact) mass is 291 g/mol. The molecule has 0 saturated carbocycles. The SMILES string of the molecule is O=C(NO)c1cn(Cc2ccccc2)nc1-c1c#cccc1. The molecule has 0 radical (unpaired) electrons. The normalized spacial score (nSPS) is 10.0. The van der Waals surface area contributed by atoms with Crippen molar-refractivity contribution in [2.75, 3.05) is 0 Å². The standard InChI is InChI=1S/C17H13N3O2/c21-17(19-22)15-12-20(11-13-7-3-1-4-8-13)18-16(15)14-9-5-2-6-10-14/h1-5,7-9,12,22H,11H2,(H,19,21). The predicted molar refractivity (Wildman–Crippen MR) is 80.1 cm³/mol. The molecule has 1 amide bonds. The van der Waals surface area contributed by atoms with Gasteiger partial charge < -0.3 is 0 Å². The first-order valence-corrected chi connectivity index (χ1v) is 6.72. The minimum Gasteiger partial charge on any atom is -0.288 e. The topological polar surface area (TPSA) is 67.2 Å². The molecule has 5 heteroatoms. The van der Waals surface area contributed by atoms with Crippen molar-refractivity contribution in [2.45, 2.75) is 6.54 Å². The number of aromatic nitrogens is 2. The first-order chi connectivity index (χ1) is 10.8. The predicted octanol–water partition coefficient (Wildman–Crippen LogP) is 2.32. The summed E-state index contributed by atoms with van der Waals surface area (Å²) in [5.74, 6) is -0.605. The Labute approximate surface area is 127 Å². The Morgan fingerprint density at radius 3 is 2.73 bits per heavy atom. The lowest BCUT2D eigenvalue weighted by Gasteiger charge is -2.00. The molecule has 0 spiro atoms. The van der Waals surface area contributed by atoms with Gasteiger partial charge in [-0.3, -0.25) is 14.7 Å². The van der Waals surface area contributed by atoms with Crippen LogP contribution in [0.1, 0.15) is 15.9 Å². The zero-order valence-electron chi connectivity index (χ0n) is 11.7. The second-order valence-electron chi connectivity index (χ2n) is 4.72. The second-order valence-corrected chi connectivity index (χ2v) is 4.72. The zero-order valence-corrected chi connectivity index (χ0v) is 11.7. The summed E-state index contributed by atoms with van der Waals surface area (Å²) in [5, 5.41) is 13.3. The average Bonchev–Trinajstić information content (AvgIpc) is 3.00. The Morgan fingerprint density at radius 1 is 1.23 bits per heavy atom. The van der Waals surface area contributed by atoms with Gasteiger partial charge in [-0.25, -0.2) is 5.48 Å². The Kier molecular flexibility index (Phi) is 3.86. The van der Waals surface area contributed by atoms with Gasteiger partial charge in [-0.1, -0.05) is 48.5 Å². The maximum Gasteiger partial charge on any atom is 0.278 e. The van der Waals surface area contributed by atoms with Gasteiger partial charge in [0.05, 0.1) is 17.7 Å². The fraction of sp³-hybridized carbons (Fsp3) is 0.0588. The molecular formula is C17H13N3O2. The van der Waals surface area contributed by atoms with Crippen molar-refractivity contribution < 1.29 is 10.0 Å². The molecule has 3 rings (SSSR count). The van der Waals surface area contributed by atoms with Gasteiger partial charge in [-0.05, 0) is 17.7 Å². The highest BCUT2D eigenvalue weighted by Crippen LogP contribution is 2.20. The van der Waals surface area contributed by atoms with E-state index in [9.17, 15) is 4.79 Å². The van der Waals surface area contributed by atoms with E-state index in [2.05, 4.69) is 17.2 Å². The van der Waals surface area contributed by atoms with Crippen LogP contribution in [0.25, 0.3) is 11.3 Å². The van der Waals surface area contributed by atoms with Crippen LogP contribution < -0.4 is 5.48 Å². The first-order valence-electron chi connectivity index (χ1n) is 6.72. The van der Waals surface area contributed by atoms with Crippen molar-refractivity contribution in [3.63, 3.8) is 0 Å². The van der Waals surface area contributed by atoms with Gasteiger partial charge in [0.15, 0.2) is 0 Å². The molecule has 0 aliphatic heterocycles. The van der Waals surface area contributed by atoms with E-state index < -0.39 is 5.91 Å². The number of rotatable bonds is 4. The van der Waals surface area contributed by atoms with Crippen LogP contribution in [0, 0.1) is 12.1 Å². The van der Waals surface area contributed by atoms with Crippen LogP contribution in [0.3, 0.4) is 0 Å². The molecule has 5 nitrogen and oxygen atoms in total. The van der Waals surface area contributed by atoms with Gasteiger partial charge in [0.25, 0.3) is 5.91 Å². The Hall–Kier alpha value is -3.10. The fourth-order valence-electron chi connectivity index (χ4n) is 2.19. The van der Waals surface area contributed by atoms with Gasteiger partial charge in [0, 0.05) is 6.20 Å². The highest BCUT2D eigenvalue weighted by atomic mass is 16.5. The maximum absolute atomic E-state index is 11.8. The molecular weight excluding hydrogens is 278 g/mol. The smallest absolute Gasteiger partial charge is 0.278 e. The van der Waals surface area contributed by atoms with Crippen LogP contribution >= 0.6 is 0 Å². The third-order valence-electron chi connectivity index (χ3n) is 3.20. The van der Waals surface area contributed by atoms with Crippen LogP contribution in [0.4, 0.5) is 0 Å². The van der Waals surface area contributed by atoms with E-state index >= 15 is 0 Å². The first kappa shape index (κ1) is 13.9. The molecule has 22 heavy (non-hydrogen) atoms. The molecule has 108 valence electrons. The number of carbonyl (C=O) groups excluding carboxylic acids is 1. The summed E-state index contributed by atoms with van der Waals surface area (Å²) in [5.41, 5.74) is 4.11. The van der Waals surface area contributed by atoms with Crippen LogP contribution in [-0.2, 0) is 6.54 Å². The molecule has 3 aromatic rings. The van der Waals surface area contributed by atoms with E-state index in [1.165, 1.54) is 0 Å². The highest BCUT2D eigenvalue weighted by Gasteiger charge is 2.17. The molecule has 0 fully saturated rings. The van der Waals surface area contributed by atoms with E-state index in [1.54, 1.807) is 34.6 Å². The Balaban J connectivity index is 2.00. The van der Waals surface area contributed by atoms with Crippen LogP contribution in [0.15, 0.2) is 54.7 Å². The number of nitrogens with one attached hydrogen (secondary N) is 1. The number of carbonyl (C=O) groups is 1. The summed E-state index contributed by atoms with van der Waals surface area (Å²) in [7, 11) is 0. The van der Waals surface area contributed by atoms with Crippen LogP contribution in [-0.4, -0.2) is 20.9 Å². The second kappa shape index (κ2) is 6.12. The molecule has 0 atom stereocenters. The van der Waals surface area contributed by atoms with Crippen molar-refractivity contribution in [3.8, 4) is 11.3 Å². The number of nitrogens with zero attached hydrogens (tertiary/aromatic N) is 2. The highest BCUT2D eigenvalue weighted by molar-refractivity contribution is 5.98. The van der Waals surface area contributed by atoms with Crippen molar-refractivity contribution in [2.24, 2.45) is 0 Å². The largest absolute Gasteiger partial charge is 0.288 e. The number of hydrogen-bond acceptors (Lipinski definition) is 3. The molecule has 0 unspecified atom stereocenters. The van der Waals surface area contributed by atoms with Gasteiger partial charge in [0.2, 0.25) is 0 Å². The minimum atomic E-state index is -0.605. The summed E-state index contributed by atoms with van der Waals surface area (Å²) in [4.78, 5) is 11.8. The molecule has 1 heterocycles. The van der Waals surface area contributed by atoms with Gasteiger partial charge >= 0.3 is 0 Å². The summed E-state index contributed by atoms with van der Waals surface area (Å²) in [6, 6.07) is 20.9. The lowest BCUT2D eigenvalue weighted by molar-refractivity contribution is 0.0707.